The van der Waals surface area contributed by atoms with Gasteiger partial charge < -0.3 is 25.4 Å². The van der Waals surface area contributed by atoms with Crippen molar-refractivity contribution in [2.75, 3.05) is 23.7 Å². The third kappa shape index (κ3) is 5.05. The minimum atomic E-state index is -0.509. The summed E-state index contributed by atoms with van der Waals surface area (Å²) in [6.45, 7) is 8.10. The lowest BCUT2D eigenvalue weighted by Crippen LogP contribution is -2.35. The molecule has 1 unspecified atom stereocenters. The zero-order chi connectivity index (χ0) is 17.0. The molecule has 0 aromatic heterocycles. The standard InChI is InChI=1S/C16H23N3O4/c1-10-14(20)19-12-9-11(5-6-13(12)22-10)17-7-8-18-15(21)23-16(2,3)4/h5-6,9-10,17H,7-8H2,1-4H3,(H,18,21)(H,19,20). The Labute approximate surface area is 135 Å². The first kappa shape index (κ1) is 16.9. The lowest BCUT2D eigenvalue weighted by molar-refractivity contribution is -0.122. The summed E-state index contributed by atoms with van der Waals surface area (Å²) < 4.78 is 10.6. The van der Waals surface area contributed by atoms with Crippen LogP contribution in [-0.4, -0.2) is 36.8 Å². The van der Waals surface area contributed by atoms with E-state index in [1.54, 1.807) is 19.1 Å². The van der Waals surface area contributed by atoms with E-state index >= 15 is 0 Å². The summed E-state index contributed by atoms with van der Waals surface area (Å²) in [7, 11) is 0. The second kappa shape index (κ2) is 6.76. The Balaban J connectivity index is 1.80. The van der Waals surface area contributed by atoms with Crippen LogP contribution >= 0.6 is 0 Å². The van der Waals surface area contributed by atoms with Crippen LogP contribution in [0.3, 0.4) is 0 Å². The van der Waals surface area contributed by atoms with Gasteiger partial charge in [0, 0.05) is 18.8 Å². The van der Waals surface area contributed by atoms with E-state index < -0.39 is 17.8 Å². The molecule has 23 heavy (non-hydrogen) atoms. The monoisotopic (exact) mass is 321 g/mol. The van der Waals surface area contributed by atoms with Crippen molar-refractivity contribution in [2.45, 2.75) is 39.4 Å². The first-order chi connectivity index (χ1) is 10.7. The van der Waals surface area contributed by atoms with Crippen molar-refractivity contribution in [2.24, 2.45) is 0 Å². The molecule has 1 atom stereocenters. The Morgan fingerprint density at radius 3 is 2.78 bits per heavy atom. The van der Waals surface area contributed by atoms with Gasteiger partial charge in [0.1, 0.15) is 11.4 Å². The Morgan fingerprint density at radius 1 is 1.35 bits per heavy atom. The van der Waals surface area contributed by atoms with Crippen molar-refractivity contribution >= 4 is 23.4 Å². The van der Waals surface area contributed by atoms with Crippen LogP contribution in [-0.2, 0) is 9.53 Å². The third-order valence-corrected chi connectivity index (χ3v) is 3.03. The zero-order valence-electron chi connectivity index (χ0n) is 13.9. The number of ether oxygens (including phenoxy) is 2. The number of nitrogens with one attached hydrogen (secondary N) is 3. The fraction of sp³-hybridized carbons (Fsp3) is 0.500. The van der Waals surface area contributed by atoms with Crippen LogP contribution in [0.1, 0.15) is 27.7 Å². The summed E-state index contributed by atoms with van der Waals surface area (Å²) in [4.78, 5) is 23.1. The number of carbonyl (C=O) groups is 2. The number of hydrogen-bond acceptors (Lipinski definition) is 5. The van der Waals surface area contributed by atoms with Crippen LogP contribution in [0.5, 0.6) is 5.75 Å². The minimum Gasteiger partial charge on any atom is -0.479 e. The zero-order valence-corrected chi connectivity index (χ0v) is 13.9. The van der Waals surface area contributed by atoms with E-state index in [2.05, 4.69) is 16.0 Å². The molecule has 0 bridgehead atoms. The maximum absolute atomic E-state index is 11.6. The van der Waals surface area contributed by atoms with Crippen LogP contribution in [0.15, 0.2) is 18.2 Å². The van der Waals surface area contributed by atoms with Crippen molar-refractivity contribution in [3.63, 3.8) is 0 Å². The largest absolute Gasteiger partial charge is 0.479 e. The van der Waals surface area contributed by atoms with Gasteiger partial charge >= 0.3 is 6.09 Å². The van der Waals surface area contributed by atoms with Gasteiger partial charge in [-0.2, -0.15) is 0 Å². The molecule has 7 nitrogen and oxygen atoms in total. The van der Waals surface area contributed by atoms with Crippen molar-refractivity contribution in [1.29, 1.82) is 0 Å². The Kier molecular flexibility index (Phi) is 4.98. The molecule has 3 N–H and O–H groups in total. The summed E-state index contributed by atoms with van der Waals surface area (Å²) in [5.74, 6) is 0.482. The highest BCUT2D eigenvalue weighted by Gasteiger charge is 2.23. The molecule has 1 heterocycles. The molecule has 1 aliphatic rings. The number of rotatable bonds is 4. The van der Waals surface area contributed by atoms with Crippen LogP contribution < -0.4 is 20.7 Å². The molecule has 7 heteroatoms. The van der Waals surface area contributed by atoms with Crippen LogP contribution in [0.2, 0.25) is 0 Å². The second-order valence-corrected chi connectivity index (χ2v) is 6.32. The Hall–Kier alpha value is -2.44. The van der Waals surface area contributed by atoms with Gasteiger partial charge in [0.2, 0.25) is 0 Å². The number of anilines is 2. The predicted octanol–water partition coefficient (Wildman–Crippen LogP) is 2.34. The minimum absolute atomic E-state index is 0.166. The topological polar surface area (TPSA) is 88.7 Å². The molecular weight excluding hydrogens is 298 g/mol. The second-order valence-electron chi connectivity index (χ2n) is 6.32. The van der Waals surface area contributed by atoms with Gasteiger partial charge in [-0.05, 0) is 45.9 Å². The number of benzene rings is 1. The van der Waals surface area contributed by atoms with Gasteiger partial charge in [0.15, 0.2) is 6.10 Å². The predicted molar refractivity (Wildman–Crippen MR) is 87.9 cm³/mol. The number of amides is 2. The molecule has 1 aromatic carbocycles. The molecule has 1 aromatic rings. The summed E-state index contributed by atoms with van der Waals surface area (Å²) in [5.41, 5.74) is 0.956. The first-order valence-electron chi connectivity index (χ1n) is 7.57. The van der Waals surface area contributed by atoms with E-state index in [4.69, 9.17) is 9.47 Å². The Bertz CT molecular complexity index is 595. The highest BCUT2D eigenvalue weighted by Crippen LogP contribution is 2.31. The van der Waals surface area contributed by atoms with Crippen LogP contribution in [0, 0.1) is 0 Å². The Morgan fingerprint density at radius 2 is 2.09 bits per heavy atom. The average molecular weight is 321 g/mol. The lowest BCUT2D eigenvalue weighted by Gasteiger charge is -2.24. The summed E-state index contributed by atoms with van der Waals surface area (Å²) in [6, 6.07) is 5.46. The highest BCUT2D eigenvalue weighted by atomic mass is 16.6. The molecule has 0 spiro atoms. The number of fused-ring (bicyclic) bond motifs is 1. The molecule has 0 radical (unpaired) electrons. The van der Waals surface area contributed by atoms with E-state index in [-0.39, 0.29) is 5.91 Å². The first-order valence-corrected chi connectivity index (χ1v) is 7.57. The van der Waals surface area contributed by atoms with E-state index in [1.807, 2.05) is 26.8 Å². The molecule has 0 saturated heterocycles. The van der Waals surface area contributed by atoms with Crippen LogP contribution in [0.4, 0.5) is 16.2 Å². The lowest BCUT2D eigenvalue weighted by atomic mass is 10.2. The summed E-state index contributed by atoms with van der Waals surface area (Å²) >= 11 is 0. The normalized spacial score (nSPS) is 16.7. The molecule has 2 rings (SSSR count). The molecule has 0 aliphatic carbocycles. The van der Waals surface area contributed by atoms with E-state index in [0.29, 0.717) is 24.5 Å². The van der Waals surface area contributed by atoms with Crippen molar-refractivity contribution in [3.8, 4) is 5.75 Å². The summed E-state index contributed by atoms with van der Waals surface area (Å²) in [5, 5.41) is 8.62. The van der Waals surface area contributed by atoms with E-state index in [9.17, 15) is 9.59 Å². The fourth-order valence-electron chi connectivity index (χ4n) is 2.00. The van der Waals surface area contributed by atoms with Crippen molar-refractivity contribution in [3.05, 3.63) is 18.2 Å². The van der Waals surface area contributed by atoms with Gasteiger partial charge in [-0.15, -0.1) is 0 Å². The number of alkyl carbamates (subject to hydrolysis) is 1. The molecule has 1 aliphatic heterocycles. The van der Waals surface area contributed by atoms with Crippen molar-refractivity contribution in [1.82, 2.24) is 5.32 Å². The number of carbonyl (C=O) groups excluding carboxylic acids is 2. The van der Waals surface area contributed by atoms with Crippen LogP contribution in [0.25, 0.3) is 0 Å². The summed E-state index contributed by atoms with van der Waals surface area (Å²) in [6.07, 6.45) is -0.932. The maximum atomic E-state index is 11.6. The SMILES string of the molecule is CC1Oc2ccc(NCCNC(=O)OC(C)(C)C)cc2NC1=O. The number of hydrogen-bond donors (Lipinski definition) is 3. The smallest absolute Gasteiger partial charge is 0.407 e. The molecule has 126 valence electrons. The van der Waals surface area contributed by atoms with Gasteiger partial charge in [0.25, 0.3) is 5.91 Å². The quantitative estimate of drug-likeness (QED) is 0.741. The van der Waals surface area contributed by atoms with E-state index in [0.717, 1.165) is 5.69 Å². The van der Waals surface area contributed by atoms with Gasteiger partial charge in [-0.1, -0.05) is 0 Å². The molecule has 0 saturated carbocycles. The molecular formula is C16H23N3O4. The molecule has 0 fully saturated rings. The third-order valence-electron chi connectivity index (χ3n) is 3.03. The van der Waals surface area contributed by atoms with Gasteiger partial charge in [0.05, 0.1) is 5.69 Å². The van der Waals surface area contributed by atoms with Crippen molar-refractivity contribution < 1.29 is 19.1 Å². The highest BCUT2D eigenvalue weighted by molar-refractivity contribution is 5.98. The fourth-order valence-corrected chi connectivity index (χ4v) is 2.00. The van der Waals surface area contributed by atoms with Gasteiger partial charge in [-0.3, -0.25) is 4.79 Å². The van der Waals surface area contributed by atoms with E-state index in [1.165, 1.54) is 0 Å². The maximum Gasteiger partial charge on any atom is 0.407 e. The van der Waals surface area contributed by atoms with Gasteiger partial charge in [-0.25, -0.2) is 4.79 Å². The molecule has 2 amide bonds. The average Bonchev–Trinajstić information content (AvgIpc) is 2.43.